The molecule has 1 aliphatic heterocycles. The van der Waals surface area contributed by atoms with Crippen molar-refractivity contribution in [3.8, 4) is 11.4 Å². The highest BCUT2D eigenvalue weighted by atomic mass is 16.1. The van der Waals surface area contributed by atoms with Crippen LogP contribution in [0.3, 0.4) is 0 Å². The van der Waals surface area contributed by atoms with Crippen LogP contribution < -0.4 is 0 Å². The van der Waals surface area contributed by atoms with Crippen LogP contribution in [0.1, 0.15) is 32.5 Å². The normalized spacial score (nSPS) is 16.0. The van der Waals surface area contributed by atoms with E-state index >= 15 is 0 Å². The molecule has 1 saturated heterocycles. The second-order valence-corrected chi connectivity index (χ2v) is 8.30. The standard InChI is InChI=1S/C21H27N7O/c1-14(2)13-28-8-6-15(7-9-28)19(29)11-20-22-12-17-5-4-16(10-18(17)23-20)21-24-25-26-27(21)3/h4-5,10,12,14-15H,6-9,11,13H2,1-3H3. The predicted octanol–water partition coefficient (Wildman–Crippen LogP) is 2.30. The lowest BCUT2D eigenvalue weighted by molar-refractivity contribution is -0.123. The zero-order valence-electron chi connectivity index (χ0n) is 17.2. The third kappa shape index (κ3) is 4.48. The van der Waals surface area contributed by atoms with E-state index in [1.54, 1.807) is 17.9 Å². The number of nitrogens with zero attached hydrogens (tertiary/aromatic N) is 7. The van der Waals surface area contributed by atoms with E-state index in [9.17, 15) is 4.79 Å². The van der Waals surface area contributed by atoms with Crippen LogP contribution in [0.4, 0.5) is 0 Å². The number of hydrogen-bond donors (Lipinski definition) is 0. The monoisotopic (exact) mass is 393 g/mol. The van der Waals surface area contributed by atoms with Crippen molar-refractivity contribution in [1.29, 1.82) is 0 Å². The maximum Gasteiger partial charge on any atom is 0.181 e. The molecule has 0 saturated carbocycles. The summed E-state index contributed by atoms with van der Waals surface area (Å²) in [4.78, 5) is 24.3. The summed E-state index contributed by atoms with van der Waals surface area (Å²) in [6.07, 6.45) is 3.94. The van der Waals surface area contributed by atoms with Crippen molar-refractivity contribution in [3.63, 3.8) is 0 Å². The molecule has 3 aromatic rings. The summed E-state index contributed by atoms with van der Waals surface area (Å²) in [6, 6.07) is 5.85. The fraction of sp³-hybridized carbons (Fsp3) is 0.524. The fourth-order valence-electron chi connectivity index (χ4n) is 4.01. The van der Waals surface area contributed by atoms with Crippen LogP contribution in [-0.4, -0.2) is 60.5 Å². The first kappa shape index (κ1) is 19.6. The van der Waals surface area contributed by atoms with Gasteiger partial charge in [0.1, 0.15) is 11.6 Å². The van der Waals surface area contributed by atoms with Crippen molar-refractivity contribution < 1.29 is 4.79 Å². The SMILES string of the molecule is CC(C)CN1CCC(C(=O)Cc2ncc3ccc(-c4nnnn4C)cc3n2)CC1. The number of fused-ring (bicyclic) bond motifs is 1. The highest BCUT2D eigenvalue weighted by Crippen LogP contribution is 2.23. The minimum absolute atomic E-state index is 0.119. The Hall–Kier alpha value is -2.74. The zero-order chi connectivity index (χ0) is 20.4. The summed E-state index contributed by atoms with van der Waals surface area (Å²) >= 11 is 0. The molecule has 4 rings (SSSR count). The minimum atomic E-state index is 0.119. The number of hydrogen-bond acceptors (Lipinski definition) is 7. The van der Waals surface area contributed by atoms with Crippen molar-refractivity contribution in [2.45, 2.75) is 33.1 Å². The Morgan fingerprint density at radius 2 is 2.03 bits per heavy atom. The average molecular weight is 393 g/mol. The number of benzene rings is 1. The van der Waals surface area contributed by atoms with Crippen molar-refractivity contribution in [2.75, 3.05) is 19.6 Å². The van der Waals surface area contributed by atoms with Crippen molar-refractivity contribution >= 4 is 16.7 Å². The number of rotatable bonds is 6. The number of Topliss-reactive ketones (excluding diaryl/α,β-unsaturated/α-hetero) is 1. The Labute approximate surface area is 170 Å². The molecule has 0 bridgehead atoms. The number of carbonyl (C=O) groups is 1. The van der Waals surface area contributed by atoms with Crippen LogP contribution >= 0.6 is 0 Å². The van der Waals surface area contributed by atoms with E-state index in [4.69, 9.17) is 0 Å². The maximum absolute atomic E-state index is 12.8. The summed E-state index contributed by atoms with van der Waals surface area (Å²) < 4.78 is 1.62. The van der Waals surface area contributed by atoms with E-state index in [-0.39, 0.29) is 11.7 Å². The molecule has 3 heterocycles. The number of piperidine rings is 1. The molecule has 2 aromatic heterocycles. The number of aromatic nitrogens is 6. The molecule has 8 nitrogen and oxygen atoms in total. The van der Waals surface area contributed by atoms with E-state index in [1.165, 1.54) is 0 Å². The Kier molecular flexibility index (Phi) is 5.62. The van der Waals surface area contributed by atoms with Gasteiger partial charge in [0, 0.05) is 36.7 Å². The van der Waals surface area contributed by atoms with Crippen LogP contribution in [0, 0.1) is 11.8 Å². The van der Waals surface area contributed by atoms with E-state index in [0.717, 1.165) is 48.9 Å². The van der Waals surface area contributed by atoms with Crippen molar-refractivity contribution in [3.05, 3.63) is 30.2 Å². The molecule has 1 fully saturated rings. The first-order valence-electron chi connectivity index (χ1n) is 10.2. The molecule has 0 aliphatic carbocycles. The van der Waals surface area contributed by atoms with E-state index in [1.807, 2.05) is 18.2 Å². The van der Waals surface area contributed by atoms with Gasteiger partial charge >= 0.3 is 0 Å². The number of carbonyl (C=O) groups excluding carboxylic acids is 1. The van der Waals surface area contributed by atoms with Gasteiger partial charge in [0.15, 0.2) is 5.82 Å². The summed E-state index contributed by atoms with van der Waals surface area (Å²) in [5.74, 6) is 2.29. The smallest absolute Gasteiger partial charge is 0.181 e. The van der Waals surface area contributed by atoms with Crippen LogP contribution in [0.25, 0.3) is 22.3 Å². The second kappa shape index (κ2) is 8.32. The molecule has 8 heteroatoms. The third-order valence-electron chi connectivity index (χ3n) is 5.51. The zero-order valence-corrected chi connectivity index (χ0v) is 17.2. The largest absolute Gasteiger partial charge is 0.303 e. The van der Waals surface area contributed by atoms with E-state index in [0.29, 0.717) is 24.0 Å². The quantitative estimate of drug-likeness (QED) is 0.635. The number of ketones is 1. The Balaban J connectivity index is 1.45. The highest BCUT2D eigenvalue weighted by Gasteiger charge is 2.25. The Bertz CT molecular complexity index is 1010. The Morgan fingerprint density at radius 3 is 2.72 bits per heavy atom. The van der Waals surface area contributed by atoms with Crippen LogP contribution in [0.2, 0.25) is 0 Å². The predicted molar refractivity (Wildman–Crippen MR) is 110 cm³/mol. The fourth-order valence-corrected chi connectivity index (χ4v) is 4.01. The topological polar surface area (TPSA) is 89.7 Å². The first-order valence-corrected chi connectivity index (χ1v) is 10.2. The van der Waals surface area contributed by atoms with Gasteiger partial charge in [0.2, 0.25) is 0 Å². The molecule has 0 N–H and O–H groups in total. The van der Waals surface area contributed by atoms with Gasteiger partial charge in [0.25, 0.3) is 0 Å². The summed E-state index contributed by atoms with van der Waals surface area (Å²) in [6.45, 7) is 7.59. The Morgan fingerprint density at radius 1 is 1.24 bits per heavy atom. The molecule has 0 amide bonds. The molecule has 0 radical (unpaired) electrons. The minimum Gasteiger partial charge on any atom is -0.303 e. The van der Waals surface area contributed by atoms with Crippen LogP contribution in [-0.2, 0) is 18.3 Å². The number of likely N-dealkylation sites (tertiary alicyclic amines) is 1. The van der Waals surface area contributed by atoms with E-state index < -0.39 is 0 Å². The van der Waals surface area contributed by atoms with Gasteiger partial charge in [0.05, 0.1) is 11.9 Å². The summed E-state index contributed by atoms with van der Waals surface area (Å²) in [5, 5.41) is 12.5. The third-order valence-corrected chi connectivity index (χ3v) is 5.51. The summed E-state index contributed by atoms with van der Waals surface area (Å²) in [5.41, 5.74) is 1.69. The first-order chi connectivity index (χ1) is 14.0. The van der Waals surface area contributed by atoms with Crippen molar-refractivity contribution in [1.82, 2.24) is 35.1 Å². The van der Waals surface area contributed by atoms with Crippen molar-refractivity contribution in [2.24, 2.45) is 18.9 Å². The lowest BCUT2D eigenvalue weighted by Gasteiger charge is -2.32. The van der Waals surface area contributed by atoms with Gasteiger partial charge in [-0.2, -0.15) is 0 Å². The van der Waals surface area contributed by atoms with Crippen LogP contribution in [0.5, 0.6) is 0 Å². The van der Waals surface area contributed by atoms with Gasteiger partial charge in [-0.3, -0.25) is 4.79 Å². The molecule has 0 spiro atoms. The van der Waals surface area contributed by atoms with Gasteiger partial charge in [-0.15, -0.1) is 5.10 Å². The highest BCUT2D eigenvalue weighted by molar-refractivity contribution is 5.85. The lowest BCUT2D eigenvalue weighted by atomic mass is 9.90. The van der Waals surface area contributed by atoms with Gasteiger partial charge < -0.3 is 4.90 Å². The molecule has 1 aromatic carbocycles. The molecule has 29 heavy (non-hydrogen) atoms. The average Bonchev–Trinajstić information content (AvgIpc) is 3.13. The molecule has 0 atom stereocenters. The van der Waals surface area contributed by atoms with Gasteiger partial charge in [-0.05, 0) is 48.3 Å². The molecular weight excluding hydrogens is 366 g/mol. The van der Waals surface area contributed by atoms with Crippen LogP contribution in [0.15, 0.2) is 24.4 Å². The molecule has 1 aliphatic rings. The maximum atomic E-state index is 12.8. The lowest BCUT2D eigenvalue weighted by Crippen LogP contribution is -2.38. The van der Waals surface area contributed by atoms with E-state index in [2.05, 4.69) is 44.2 Å². The van der Waals surface area contributed by atoms with Gasteiger partial charge in [-0.25, -0.2) is 14.6 Å². The molecular formula is C21H27N7O. The number of tetrazole rings is 1. The second-order valence-electron chi connectivity index (χ2n) is 8.30. The van der Waals surface area contributed by atoms with Gasteiger partial charge in [-0.1, -0.05) is 26.0 Å². The molecule has 152 valence electrons. The summed E-state index contributed by atoms with van der Waals surface area (Å²) in [7, 11) is 1.80. The molecule has 0 unspecified atom stereocenters. The number of aryl methyl sites for hydroxylation is 1.